The van der Waals surface area contributed by atoms with Gasteiger partial charge in [-0.1, -0.05) is 24.3 Å². The van der Waals surface area contributed by atoms with E-state index in [-0.39, 0.29) is 6.61 Å². The third-order valence-electron chi connectivity index (χ3n) is 5.93. The molecule has 33 heavy (non-hydrogen) atoms. The van der Waals surface area contributed by atoms with Crippen molar-refractivity contribution in [2.45, 2.75) is 20.4 Å². The third-order valence-corrected chi connectivity index (χ3v) is 5.93. The number of aliphatic hydroxyl groups excluding tert-OH is 1. The fourth-order valence-electron chi connectivity index (χ4n) is 4.27. The predicted molar refractivity (Wildman–Crippen MR) is 131 cm³/mol. The SMILES string of the molecule is CCN(CC)c1ccc2nc3c4ccccc4c(=Nc4ccc[n+](CCO)c4)cc-3oc2c1. The topological polar surface area (TPSA) is 65.7 Å². The number of hydrogen-bond donors (Lipinski definition) is 1. The first-order valence-corrected chi connectivity index (χ1v) is 11.4. The molecule has 0 radical (unpaired) electrons. The highest BCUT2D eigenvalue weighted by Gasteiger charge is 2.16. The molecule has 0 atom stereocenters. The van der Waals surface area contributed by atoms with E-state index in [9.17, 15) is 5.11 Å². The van der Waals surface area contributed by atoms with Gasteiger partial charge < -0.3 is 14.4 Å². The smallest absolute Gasteiger partial charge is 0.194 e. The fourth-order valence-corrected chi connectivity index (χ4v) is 4.27. The molecule has 5 rings (SSSR count). The molecular formula is C27H27N4O2+. The Morgan fingerprint density at radius 1 is 1.00 bits per heavy atom. The second-order valence-corrected chi connectivity index (χ2v) is 7.96. The van der Waals surface area contributed by atoms with E-state index in [2.05, 4.69) is 43.0 Å². The Balaban J connectivity index is 1.75. The van der Waals surface area contributed by atoms with Gasteiger partial charge in [0.2, 0.25) is 0 Å². The standard InChI is InChI=1S/C27H27N4O2/c1-3-31(4-2)20-11-12-23-25(16-20)33-26-17-24(21-9-5-6-10-22(21)27(26)29-23)28-19-8-7-13-30(18-19)14-15-32/h5-13,16-18,32H,3-4,14-15H2,1-2H3/q+1. The zero-order chi connectivity index (χ0) is 22.8. The average molecular weight is 440 g/mol. The molecule has 1 aromatic heterocycles. The molecule has 2 aromatic carbocycles. The zero-order valence-electron chi connectivity index (χ0n) is 18.9. The molecule has 6 nitrogen and oxygen atoms in total. The largest absolute Gasteiger partial charge is 0.453 e. The van der Waals surface area contributed by atoms with Gasteiger partial charge in [-0.2, -0.15) is 0 Å². The summed E-state index contributed by atoms with van der Waals surface area (Å²) in [6, 6.07) is 20.2. The Morgan fingerprint density at radius 3 is 2.61 bits per heavy atom. The molecule has 1 aliphatic heterocycles. The Labute approximate surface area is 192 Å². The van der Waals surface area contributed by atoms with Gasteiger partial charge in [-0.25, -0.2) is 14.5 Å². The summed E-state index contributed by atoms with van der Waals surface area (Å²) < 4.78 is 8.31. The molecule has 0 unspecified atom stereocenters. The molecule has 0 amide bonds. The Hall–Kier alpha value is -3.77. The van der Waals surface area contributed by atoms with Crippen LogP contribution in [-0.4, -0.2) is 29.8 Å². The molecule has 0 fully saturated rings. The van der Waals surface area contributed by atoms with Gasteiger partial charge in [0.15, 0.2) is 30.3 Å². The van der Waals surface area contributed by atoms with Crippen LogP contribution >= 0.6 is 0 Å². The molecule has 2 aliphatic rings. The summed E-state index contributed by atoms with van der Waals surface area (Å²) in [5.74, 6) is 0.704. The number of nitrogens with zero attached hydrogens (tertiary/aromatic N) is 4. The monoisotopic (exact) mass is 439 g/mol. The Morgan fingerprint density at radius 2 is 1.82 bits per heavy atom. The number of fused-ring (bicyclic) bond motifs is 4. The highest BCUT2D eigenvalue weighted by molar-refractivity contribution is 5.96. The third kappa shape index (κ3) is 4.05. The minimum atomic E-state index is 0.0835. The Bertz CT molecular complexity index is 1470. The number of aromatic nitrogens is 2. The van der Waals surface area contributed by atoms with E-state index >= 15 is 0 Å². The quantitative estimate of drug-likeness (QED) is 0.241. The molecule has 3 aromatic rings. The van der Waals surface area contributed by atoms with Crippen molar-refractivity contribution in [1.82, 2.24) is 4.98 Å². The van der Waals surface area contributed by atoms with Crippen LogP contribution in [0.15, 0.2) is 82.5 Å². The van der Waals surface area contributed by atoms with Crippen LogP contribution in [0, 0.1) is 0 Å². The van der Waals surface area contributed by atoms with Gasteiger partial charge in [0, 0.05) is 47.7 Å². The molecule has 2 heterocycles. The summed E-state index contributed by atoms with van der Waals surface area (Å²) in [6.45, 7) is 6.78. The van der Waals surface area contributed by atoms with Crippen molar-refractivity contribution < 1.29 is 14.1 Å². The predicted octanol–water partition coefficient (Wildman–Crippen LogP) is 4.44. The summed E-state index contributed by atoms with van der Waals surface area (Å²) in [7, 11) is 0. The molecule has 1 N–H and O–H groups in total. The molecule has 0 saturated heterocycles. The van der Waals surface area contributed by atoms with Crippen LogP contribution in [0.3, 0.4) is 0 Å². The van der Waals surface area contributed by atoms with Crippen LogP contribution in [0.2, 0.25) is 0 Å². The fraction of sp³-hybridized carbons (Fsp3) is 0.222. The van der Waals surface area contributed by atoms with Gasteiger partial charge in [-0.05, 0) is 32.0 Å². The number of hydrogen-bond acceptors (Lipinski definition) is 5. The van der Waals surface area contributed by atoms with Gasteiger partial charge >= 0.3 is 0 Å². The maximum Gasteiger partial charge on any atom is 0.194 e. The summed E-state index contributed by atoms with van der Waals surface area (Å²) in [6.07, 6.45) is 3.86. The number of aliphatic hydroxyl groups is 1. The van der Waals surface area contributed by atoms with Crippen LogP contribution in [-0.2, 0) is 6.54 Å². The van der Waals surface area contributed by atoms with Crippen LogP contribution < -0.4 is 14.8 Å². The van der Waals surface area contributed by atoms with Crippen molar-refractivity contribution in [3.63, 3.8) is 0 Å². The van der Waals surface area contributed by atoms with E-state index in [4.69, 9.17) is 14.4 Å². The van der Waals surface area contributed by atoms with Gasteiger partial charge in [-0.15, -0.1) is 0 Å². The maximum atomic E-state index is 9.26. The second kappa shape index (κ2) is 9.00. The summed E-state index contributed by atoms with van der Waals surface area (Å²) in [5, 5.41) is 12.1. The second-order valence-electron chi connectivity index (χ2n) is 7.96. The average Bonchev–Trinajstić information content (AvgIpc) is 2.84. The van der Waals surface area contributed by atoms with Crippen molar-refractivity contribution in [1.29, 1.82) is 0 Å². The normalized spacial score (nSPS) is 12.2. The number of anilines is 1. The van der Waals surface area contributed by atoms with Crippen LogP contribution in [0.25, 0.3) is 33.3 Å². The van der Waals surface area contributed by atoms with Crippen LogP contribution in [0.5, 0.6) is 0 Å². The maximum absolute atomic E-state index is 9.26. The summed E-state index contributed by atoms with van der Waals surface area (Å²) in [5.41, 5.74) is 4.36. The van der Waals surface area contributed by atoms with E-state index in [1.807, 2.05) is 53.4 Å². The van der Waals surface area contributed by atoms with E-state index in [0.29, 0.717) is 12.3 Å². The first kappa shape index (κ1) is 21.1. The molecule has 1 aliphatic carbocycles. The lowest BCUT2D eigenvalue weighted by atomic mass is 10.0. The molecule has 0 spiro atoms. The van der Waals surface area contributed by atoms with Gasteiger partial charge in [-0.3, -0.25) is 0 Å². The van der Waals surface area contributed by atoms with E-state index < -0.39 is 0 Å². The highest BCUT2D eigenvalue weighted by Crippen LogP contribution is 2.31. The van der Waals surface area contributed by atoms with Crippen LogP contribution in [0.4, 0.5) is 11.4 Å². The zero-order valence-corrected chi connectivity index (χ0v) is 18.9. The van der Waals surface area contributed by atoms with Crippen molar-refractivity contribution in [2.75, 3.05) is 24.6 Å². The Kier molecular flexibility index (Phi) is 5.75. The van der Waals surface area contributed by atoms with Gasteiger partial charge in [0.05, 0.1) is 5.36 Å². The molecule has 166 valence electrons. The number of pyridine rings is 1. The van der Waals surface area contributed by atoms with Gasteiger partial charge in [0.25, 0.3) is 0 Å². The van der Waals surface area contributed by atoms with E-state index in [0.717, 1.165) is 57.4 Å². The molecule has 0 bridgehead atoms. The number of benzene rings is 3. The minimum absolute atomic E-state index is 0.0835. The lowest BCUT2D eigenvalue weighted by Gasteiger charge is -2.21. The summed E-state index contributed by atoms with van der Waals surface area (Å²) in [4.78, 5) is 12.2. The highest BCUT2D eigenvalue weighted by atomic mass is 16.3. The van der Waals surface area contributed by atoms with Crippen LogP contribution in [0.1, 0.15) is 13.8 Å². The van der Waals surface area contributed by atoms with E-state index in [1.54, 1.807) is 0 Å². The van der Waals surface area contributed by atoms with Crippen molar-refractivity contribution in [2.24, 2.45) is 4.99 Å². The first-order valence-electron chi connectivity index (χ1n) is 11.4. The van der Waals surface area contributed by atoms with E-state index in [1.165, 1.54) is 0 Å². The lowest BCUT2D eigenvalue weighted by Crippen LogP contribution is -2.34. The van der Waals surface area contributed by atoms with Crippen molar-refractivity contribution >= 4 is 33.2 Å². The van der Waals surface area contributed by atoms with Gasteiger partial charge in [0.1, 0.15) is 23.5 Å². The molecular weight excluding hydrogens is 412 g/mol. The first-order chi connectivity index (χ1) is 16.2. The minimum Gasteiger partial charge on any atom is -0.453 e. The molecule has 6 heteroatoms. The van der Waals surface area contributed by atoms with Crippen molar-refractivity contribution in [3.8, 4) is 11.5 Å². The molecule has 0 saturated carbocycles. The lowest BCUT2D eigenvalue weighted by molar-refractivity contribution is -0.697. The number of rotatable bonds is 6. The summed E-state index contributed by atoms with van der Waals surface area (Å²) >= 11 is 0. The van der Waals surface area contributed by atoms with Crippen molar-refractivity contribution in [3.05, 3.63) is 78.4 Å².